The molecule has 630 valence electrons. The average molecular weight is 1680 g/mol. The molecule has 117 heavy (non-hydrogen) atoms. The number of thioether (sulfide) groups is 1. The van der Waals surface area contributed by atoms with Crippen LogP contribution in [0.1, 0.15) is 96.3 Å². The third-order valence-corrected chi connectivity index (χ3v) is 22.9. The van der Waals surface area contributed by atoms with E-state index in [1.807, 2.05) is 0 Å². The number of primary amides is 3. The Bertz CT molecular complexity index is 4690. The summed E-state index contributed by atoms with van der Waals surface area (Å²) in [5.41, 5.74) is 20.5. The van der Waals surface area contributed by atoms with Gasteiger partial charge in [0, 0.05) is 95.5 Å². The van der Waals surface area contributed by atoms with Crippen molar-refractivity contribution in [2.45, 2.75) is 183 Å². The third-order valence-electron chi connectivity index (χ3n) is 19.9. The first-order valence-corrected chi connectivity index (χ1v) is 41.6. The molecular formula is C76H99N19O19S3. The molecule has 23 N–H and O–H groups in total. The molecule has 0 unspecified atom stereocenters. The lowest BCUT2D eigenvalue weighted by Gasteiger charge is -2.30. The zero-order valence-corrected chi connectivity index (χ0v) is 67.4. The van der Waals surface area contributed by atoms with Gasteiger partial charge in [0.25, 0.3) is 0 Å². The first-order chi connectivity index (χ1) is 55.6. The summed E-state index contributed by atoms with van der Waals surface area (Å²) in [4.78, 5) is 251. The van der Waals surface area contributed by atoms with Gasteiger partial charge in [-0.25, -0.2) is 0 Å². The molecule has 3 aromatic carbocycles. The Morgan fingerprint density at radius 2 is 1.05 bits per heavy atom. The molecule has 6 aromatic rings. The molecule has 38 nitrogen and oxygen atoms in total. The predicted octanol–water partition coefficient (Wildman–Crippen LogP) is -2.71. The molecule has 2 fully saturated rings. The lowest BCUT2D eigenvalue weighted by Crippen LogP contribution is -2.63. The zero-order chi connectivity index (χ0) is 85.5. The second-order valence-corrected chi connectivity index (χ2v) is 32.2. The number of carbonyl (C=O) groups is 17. The smallest absolute Gasteiger partial charge is 0.305 e. The van der Waals surface area contributed by atoms with E-state index in [1.54, 1.807) is 98.4 Å². The monoisotopic (exact) mass is 1680 g/mol. The molecule has 3 aromatic heterocycles. The number of nitrogens with zero attached hydrogens (tertiary/aromatic N) is 1. The van der Waals surface area contributed by atoms with Crippen LogP contribution >= 0.6 is 33.3 Å². The van der Waals surface area contributed by atoms with Crippen LogP contribution in [0.2, 0.25) is 0 Å². The second-order valence-electron chi connectivity index (χ2n) is 28.6. The molecule has 5 heterocycles. The van der Waals surface area contributed by atoms with Gasteiger partial charge in [0.1, 0.15) is 78.5 Å². The summed E-state index contributed by atoms with van der Waals surface area (Å²) in [6.45, 7) is 6.73. The molecule has 0 saturated carbocycles. The number of aliphatic carboxylic acids is 1. The fraction of sp³-hybridized carbons (Fsp3) is 0.461. The van der Waals surface area contributed by atoms with E-state index in [4.69, 9.17) is 17.2 Å². The number of para-hydroxylation sites is 3. The van der Waals surface area contributed by atoms with Crippen LogP contribution in [0.4, 0.5) is 0 Å². The van der Waals surface area contributed by atoms with Crippen LogP contribution in [0.25, 0.3) is 32.7 Å². The van der Waals surface area contributed by atoms with Crippen LogP contribution in [0.3, 0.4) is 0 Å². The van der Waals surface area contributed by atoms with Crippen molar-refractivity contribution in [3.63, 3.8) is 0 Å². The first kappa shape index (κ1) is 90.8. The maximum atomic E-state index is 15.2. The van der Waals surface area contributed by atoms with Gasteiger partial charge >= 0.3 is 5.97 Å². The number of hydrogen-bond acceptors (Lipinski definition) is 21. The minimum atomic E-state index is -2.08. The number of nitrogens with two attached hydrogens (primary N) is 3. The number of aromatic nitrogens is 3. The molecule has 16 amide bonds. The number of amides is 16. The Balaban J connectivity index is 1.16. The number of aliphatic hydroxyl groups excluding tert-OH is 1. The normalized spacial score (nSPS) is 21.3. The molecule has 0 radical (unpaired) electrons. The number of carboxylic acid groups (broad SMARTS) is 1. The van der Waals surface area contributed by atoms with E-state index in [-0.39, 0.29) is 45.1 Å². The number of aromatic amines is 3. The minimum absolute atomic E-state index is 0.0489. The maximum Gasteiger partial charge on any atom is 0.305 e. The highest BCUT2D eigenvalue weighted by molar-refractivity contribution is 8.76. The van der Waals surface area contributed by atoms with Crippen molar-refractivity contribution < 1.29 is 91.7 Å². The van der Waals surface area contributed by atoms with Gasteiger partial charge in [-0.05, 0) is 85.9 Å². The summed E-state index contributed by atoms with van der Waals surface area (Å²) >= 11 is 1.40. The first-order valence-electron chi connectivity index (χ1n) is 37.7. The van der Waals surface area contributed by atoms with Crippen LogP contribution in [0.15, 0.2) is 91.4 Å². The topological polar surface area (TPSA) is 604 Å². The highest BCUT2D eigenvalue weighted by atomic mass is 33.1. The van der Waals surface area contributed by atoms with E-state index < -0.39 is 222 Å². The van der Waals surface area contributed by atoms with E-state index >= 15 is 14.4 Å². The Hall–Kier alpha value is -11.7. The van der Waals surface area contributed by atoms with E-state index in [0.29, 0.717) is 83.2 Å². The fourth-order valence-corrected chi connectivity index (χ4v) is 16.2. The third kappa shape index (κ3) is 25.4. The summed E-state index contributed by atoms with van der Waals surface area (Å²) < 4.78 is 0. The van der Waals surface area contributed by atoms with E-state index in [9.17, 15) is 77.3 Å². The second kappa shape index (κ2) is 42.8. The lowest BCUT2D eigenvalue weighted by molar-refractivity contribution is -0.142. The Morgan fingerprint density at radius 3 is 1.59 bits per heavy atom. The molecule has 2 aliphatic rings. The van der Waals surface area contributed by atoms with Gasteiger partial charge in [-0.2, -0.15) is 11.8 Å². The molecular weight excluding hydrogens is 1580 g/mol. The Labute approximate surface area is 683 Å². The number of H-pyrrole nitrogens is 3. The number of likely N-dealkylation sites (tertiary alicyclic amines) is 1. The molecule has 15 atom stereocenters. The highest BCUT2D eigenvalue weighted by Gasteiger charge is 2.42. The van der Waals surface area contributed by atoms with E-state index in [0.717, 1.165) is 13.8 Å². The van der Waals surface area contributed by atoms with Gasteiger partial charge in [0.05, 0.1) is 25.4 Å². The molecule has 2 saturated heterocycles. The van der Waals surface area contributed by atoms with Gasteiger partial charge < -0.3 is 111 Å². The van der Waals surface area contributed by atoms with Gasteiger partial charge in [-0.1, -0.05) is 96.5 Å². The number of aliphatic hydroxyl groups is 1. The van der Waals surface area contributed by atoms with Crippen molar-refractivity contribution in [3.05, 3.63) is 108 Å². The Kier molecular flexibility index (Phi) is 33.2. The molecule has 2 aliphatic heterocycles. The summed E-state index contributed by atoms with van der Waals surface area (Å²) in [6.07, 6.45) is 1.61. The predicted molar refractivity (Wildman–Crippen MR) is 433 cm³/mol. The van der Waals surface area contributed by atoms with Crippen molar-refractivity contribution in [2.24, 2.45) is 23.1 Å². The summed E-state index contributed by atoms with van der Waals surface area (Å²) in [7, 11) is 1.42. The number of hydrogen-bond donors (Lipinski definition) is 20. The Morgan fingerprint density at radius 1 is 0.564 bits per heavy atom. The maximum absolute atomic E-state index is 15.2. The largest absolute Gasteiger partial charge is 0.481 e. The summed E-state index contributed by atoms with van der Waals surface area (Å²) in [6, 6.07) is -1.25. The molecule has 0 spiro atoms. The number of nitrogens with one attached hydrogen (secondary N) is 15. The average Bonchev–Trinajstić information content (AvgIpc) is 1.67. The SMILES string of the molecule is CC[C@H](C)[C@H](NC(=O)[C@@H](NC(=O)[C@H](Cc1c[nH]c2ccccc12)NC(=O)[C@H](CCSC)NC(C)=O)[C@@H](C)O)C(=O)N[C@H]1CSSC[C@@H](C(=O)N[C@@H](Cc2c[nH]c3ccccc23)C(=O)N2CCC[C@H]2C(N)=O)NC(=O)[C@H](CC(=O)O)NC(=O)[C@H](C)NC(=O)[C@H](Cc2c[nH]c3ccccc23)NC(=O)[C@H](CC(N)=O)NC(=O)[C@H](CC(N)=O)NC1=O. The lowest BCUT2D eigenvalue weighted by atomic mass is 9.97. The van der Waals surface area contributed by atoms with Gasteiger partial charge in [-0.15, -0.1) is 0 Å². The number of fused-ring (bicyclic) bond motifs is 3. The van der Waals surface area contributed by atoms with Crippen LogP contribution < -0.4 is 81.0 Å². The molecule has 0 aliphatic carbocycles. The van der Waals surface area contributed by atoms with Crippen molar-refractivity contribution in [3.8, 4) is 0 Å². The van der Waals surface area contributed by atoms with Gasteiger partial charge in [0.15, 0.2) is 0 Å². The zero-order valence-electron chi connectivity index (χ0n) is 65.0. The quantitative estimate of drug-likeness (QED) is 0.0197. The molecule has 0 bridgehead atoms. The molecule has 8 rings (SSSR count). The van der Waals surface area contributed by atoms with Crippen molar-refractivity contribution in [1.29, 1.82) is 0 Å². The number of rotatable bonds is 31. The number of carbonyl (C=O) groups excluding carboxylic acids is 16. The van der Waals surface area contributed by atoms with Crippen molar-refractivity contribution in [2.75, 3.05) is 30.1 Å². The standard InChI is InChI=1S/C76H99N19O19S3/c1-7-36(2)62(93-75(113)63(38(4)96)94-71(109)51(26-41-32-81-47-19-12-9-16-44(41)47)86-66(104)49(22-24-115-6)84-39(5)97)74(112)92-57-35-117-116-34-56(73(111)90-55(76(114)95-23-14-21-58(95)64(79)102)27-42-33-82-48-20-13-10-17-45(42)48)91-70(108)54(30-61(100)101)85-65(103)37(3)83-67(105)50(25-40-31-80-46-18-11-8-15-43(40)46)87-68(106)52(28-59(77)98)88-69(107)53(29-60(78)99)89-72(57)110/h8-13,15-20,31-33,36-38,49-58,62-63,80-82,96H,7,14,21-30,34-35H2,1-6H3,(H2,77,98)(H2,78,99)(H2,79,102)(H,83,105)(H,84,97)(H,85,103)(H,86,104)(H,87,106)(H,88,107)(H,89,110)(H,90,111)(H,91,108)(H,92,112)(H,93,113)(H,94,109)(H,100,101)/t36-,37-,38+,49-,50-,51-,52-,53-,54-,55-,56-,57-,58-,62-,63-/m0/s1. The minimum Gasteiger partial charge on any atom is -0.481 e. The van der Waals surface area contributed by atoms with Gasteiger partial charge in [-0.3, -0.25) is 81.5 Å². The van der Waals surface area contributed by atoms with Crippen LogP contribution in [-0.4, -0.2) is 245 Å². The number of benzene rings is 3. The summed E-state index contributed by atoms with van der Waals surface area (Å²) in [5, 5.41) is 53.4. The van der Waals surface area contributed by atoms with Crippen LogP contribution in [0.5, 0.6) is 0 Å². The van der Waals surface area contributed by atoms with Crippen LogP contribution in [-0.2, 0) is 101 Å². The fourth-order valence-electron chi connectivity index (χ4n) is 13.4. The van der Waals surface area contributed by atoms with Crippen molar-refractivity contribution in [1.82, 2.24) is 83.7 Å². The molecule has 41 heteroatoms. The van der Waals surface area contributed by atoms with E-state index in [1.165, 1.54) is 36.7 Å². The van der Waals surface area contributed by atoms with Gasteiger partial charge in [0.2, 0.25) is 94.5 Å². The number of carboxylic acids is 1. The van der Waals surface area contributed by atoms with Crippen LogP contribution in [0, 0.1) is 5.92 Å². The van der Waals surface area contributed by atoms with E-state index in [2.05, 4.69) is 78.8 Å². The highest BCUT2D eigenvalue weighted by Crippen LogP contribution is 2.28. The summed E-state index contributed by atoms with van der Waals surface area (Å²) in [5.74, 6) is -20.5. The van der Waals surface area contributed by atoms with Crippen molar-refractivity contribution >= 4 is 167 Å².